The molecule has 3 rings (SSSR count). The number of hydrogen-bond donors (Lipinski definition) is 3. The predicted molar refractivity (Wildman–Crippen MR) is 92.8 cm³/mol. The first-order valence-electron chi connectivity index (χ1n) is 7.73. The van der Waals surface area contributed by atoms with Gasteiger partial charge >= 0.3 is 0 Å². The minimum absolute atomic E-state index is 0.198. The van der Waals surface area contributed by atoms with E-state index in [2.05, 4.69) is 15.3 Å². The minimum atomic E-state index is -0.572. The van der Waals surface area contributed by atoms with Crippen LogP contribution in [0.2, 0.25) is 0 Å². The van der Waals surface area contributed by atoms with Crippen molar-refractivity contribution in [3.8, 4) is 0 Å². The number of aromatic nitrogens is 2. The first kappa shape index (κ1) is 15.7. The normalized spacial score (nSPS) is 10.7. The number of carbonyl (C=O) groups is 2. The van der Waals surface area contributed by atoms with Crippen LogP contribution in [-0.2, 0) is 17.6 Å². The molecule has 6 nitrogen and oxygen atoms in total. The SMILES string of the molecule is CCc1nc2ccc(CC(=O)Nc3ccccc3C(N)=O)cc2[nH]1. The van der Waals surface area contributed by atoms with Gasteiger partial charge in [-0.1, -0.05) is 25.1 Å². The number of aromatic amines is 1. The summed E-state index contributed by atoms with van der Waals surface area (Å²) in [6, 6.07) is 12.4. The second-order valence-electron chi connectivity index (χ2n) is 5.52. The van der Waals surface area contributed by atoms with Crippen LogP contribution in [0, 0.1) is 0 Å². The van der Waals surface area contributed by atoms with Gasteiger partial charge in [-0.2, -0.15) is 0 Å². The van der Waals surface area contributed by atoms with Gasteiger partial charge < -0.3 is 16.0 Å². The van der Waals surface area contributed by atoms with Crippen molar-refractivity contribution in [2.75, 3.05) is 5.32 Å². The summed E-state index contributed by atoms with van der Waals surface area (Å²) < 4.78 is 0. The maximum atomic E-state index is 12.3. The summed E-state index contributed by atoms with van der Waals surface area (Å²) in [5, 5.41) is 2.74. The van der Waals surface area contributed by atoms with Crippen molar-refractivity contribution in [1.29, 1.82) is 0 Å². The Balaban J connectivity index is 1.76. The van der Waals surface area contributed by atoms with Gasteiger partial charge in [-0.25, -0.2) is 4.98 Å². The highest BCUT2D eigenvalue weighted by Crippen LogP contribution is 2.17. The van der Waals surface area contributed by atoms with Gasteiger partial charge in [0.1, 0.15) is 5.82 Å². The molecule has 0 fully saturated rings. The second-order valence-corrected chi connectivity index (χ2v) is 5.52. The van der Waals surface area contributed by atoms with Crippen molar-refractivity contribution in [2.45, 2.75) is 19.8 Å². The molecule has 0 aliphatic heterocycles. The van der Waals surface area contributed by atoms with Gasteiger partial charge in [-0.05, 0) is 29.8 Å². The molecule has 2 amide bonds. The van der Waals surface area contributed by atoms with Gasteiger partial charge in [-0.3, -0.25) is 9.59 Å². The van der Waals surface area contributed by atoms with Gasteiger partial charge in [0, 0.05) is 6.42 Å². The average molecular weight is 322 g/mol. The summed E-state index contributed by atoms with van der Waals surface area (Å²) in [6.07, 6.45) is 1.03. The quantitative estimate of drug-likeness (QED) is 0.672. The summed E-state index contributed by atoms with van der Waals surface area (Å²) in [6.45, 7) is 2.03. The van der Waals surface area contributed by atoms with Crippen LogP contribution >= 0.6 is 0 Å². The molecule has 0 saturated carbocycles. The molecule has 0 radical (unpaired) electrons. The highest BCUT2D eigenvalue weighted by Gasteiger charge is 2.11. The van der Waals surface area contributed by atoms with E-state index in [0.717, 1.165) is 28.8 Å². The third-order valence-electron chi connectivity index (χ3n) is 3.76. The lowest BCUT2D eigenvalue weighted by Crippen LogP contribution is -2.19. The highest BCUT2D eigenvalue weighted by molar-refractivity contribution is 6.03. The number of nitrogens with two attached hydrogens (primary N) is 1. The molecule has 0 bridgehead atoms. The number of para-hydroxylation sites is 1. The molecule has 4 N–H and O–H groups in total. The van der Waals surface area contributed by atoms with Crippen LogP contribution in [0.1, 0.15) is 28.7 Å². The zero-order valence-corrected chi connectivity index (χ0v) is 13.3. The first-order chi connectivity index (χ1) is 11.6. The number of imidazole rings is 1. The van der Waals surface area contributed by atoms with E-state index in [9.17, 15) is 9.59 Å². The van der Waals surface area contributed by atoms with Gasteiger partial charge in [0.2, 0.25) is 5.91 Å². The smallest absolute Gasteiger partial charge is 0.250 e. The molecule has 2 aromatic carbocycles. The van der Waals surface area contributed by atoms with E-state index in [1.165, 1.54) is 0 Å². The average Bonchev–Trinajstić information content (AvgIpc) is 2.97. The lowest BCUT2D eigenvalue weighted by Gasteiger charge is -2.08. The molecular formula is C18H18N4O2. The molecule has 1 aromatic heterocycles. The van der Waals surface area contributed by atoms with Crippen LogP contribution in [0.3, 0.4) is 0 Å². The van der Waals surface area contributed by atoms with Crippen molar-refractivity contribution in [3.05, 3.63) is 59.4 Å². The summed E-state index contributed by atoms with van der Waals surface area (Å²) in [5.74, 6) is 0.136. The number of aryl methyl sites for hydroxylation is 1. The van der Waals surface area contributed by atoms with E-state index in [1.807, 2.05) is 25.1 Å². The number of benzene rings is 2. The summed E-state index contributed by atoms with van der Waals surface area (Å²) in [5.41, 5.74) is 8.70. The number of hydrogen-bond acceptors (Lipinski definition) is 3. The molecule has 122 valence electrons. The monoisotopic (exact) mass is 322 g/mol. The first-order valence-corrected chi connectivity index (χ1v) is 7.73. The Bertz CT molecular complexity index is 914. The van der Waals surface area contributed by atoms with Gasteiger partial charge in [0.05, 0.1) is 28.7 Å². The topological polar surface area (TPSA) is 101 Å². The third kappa shape index (κ3) is 3.27. The molecular weight excluding hydrogens is 304 g/mol. The van der Waals surface area contributed by atoms with E-state index >= 15 is 0 Å². The minimum Gasteiger partial charge on any atom is -0.366 e. The Kier molecular flexibility index (Phi) is 4.29. The van der Waals surface area contributed by atoms with Gasteiger partial charge in [0.25, 0.3) is 5.91 Å². The maximum Gasteiger partial charge on any atom is 0.250 e. The molecule has 0 aliphatic rings. The predicted octanol–water partition coefficient (Wildman–Crippen LogP) is 2.41. The molecule has 0 unspecified atom stereocenters. The van der Waals surface area contributed by atoms with Crippen molar-refractivity contribution in [2.24, 2.45) is 5.73 Å². The summed E-state index contributed by atoms with van der Waals surface area (Å²) in [7, 11) is 0. The molecule has 0 spiro atoms. The number of H-pyrrole nitrogens is 1. The van der Waals surface area contributed by atoms with Crippen molar-refractivity contribution in [1.82, 2.24) is 9.97 Å². The Hall–Kier alpha value is -3.15. The van der Waals surface area contributed by atoms with Crippen LogP contribution in [0.4, 0.5) is 5.69 Å². The van der Waals surface area contributed by atoms with Crippen molar-refractivity contribution in [3.63, 3.8) is 0 Å². The Morgan fingerprint density at radius 1 is 1.21 bits per heavy atom. The molecule has 0 aliphatic carbocycles. The molecule has 24 heavy (non-hydrogen) atoms. The molecule has 3 aromatic rings. The Morgan fingerprint density at radius 2 is 2.00 bits per heavy atom. The lowest BCUT2D eigenvalue weighted by atomic mass is 10.1. The number of nitrogens with zero attached hydrogens (tertiary/aromatic N) is 1. The number of anilines is 1. The molecule has 0 atom stereocenters. The van der Waals surface area contributed by atoms with Crippen LogP contribution in [-0.4, -0.2) is 21.8 Å². The zero-order valence-electron chi connectivity index (χ0n) is 13.3. The number of fused-ring (bicyclic) bond motifs is 1. The lowest BCUT2D eigenvalue weighted by molar-refractivity contribution is -0.115. The zero-order chi connectivity index (χ0) is 17.1. The van der Waals surface area contributed by atoms with Crippen LogP contribution < -0.4 is 11.1 Å². The summed E-state index contributed by atoms with van der Waals surface area (Å²) >= 11 is 0. The largest absolute Gasteiger partial charge is 0.366 e. The number of primary amides is 1. The summed E-state index contributed by atoms with van der Waals surface area (Å²) in [4.78, 5) is 31.3. The maximum absolute atomic E-state index is 12.3. The third-order valence-corrected chi connectivity index (χ3v) is 3.76. The van der Waals surface area contributed by atoms with Crippen LogP contribution in [0.5, 0.6) is 0 Å². The fraction of sp³-hybridized carbons (Fsp3) is 0.167. The Labute approximate surface area is 139 Å². The standard InChI is InChI=1S/C18H18N4O2/c1-2-16-20-14-8-7-11(9-15(14)21-16)10-17(23)22-13-6-4-3-5-12(13)18(19)24/h3-9H,2,10H2,1H3,(H2,19,24)(H,20,21)(H,22,23). The number of amides is 2. The number of rotatable bonds is 5. The van der Waals surface area contributed by atoms with E-state index in [4.69, 9.17) is 5.73 Å². The van der Waals surface area contributed by atoms with Crippen molar-refractivity contribution >= 4 is 28.5 Å². The fourth-order valence-electron chi connectivity index (χ4n) is 2.57. The number of nitrogens with one attached hydrogen (secondary N) is 2. The molecule has 6 heteroatoms. The van der Waals surface area contributed by atoms with Crippen LogP contribution in [0.25, 0.3) is 11.0 Å². The highest BCUT2D eigenvalue weighted by atomic mass is 16.2. The van der Waals surface area contributed by atoms with E-state index < -0.39 is 5.91 Å². The molecule has 0 saturated heterocycles. The van der Waals surface area contributed by atoms with Gasteiger partial charge in [0.15, 0.2) is 0 Å². The number of carbonyl (C=O) groups excluding carboxylic acids is 2. The van der Waals surface area contributed by atoms with Crippen LogP contribution in [0.15, 0.2) is 42.5 Å². The van der Waals surface area contributed by atoms with Gasteiger partial charge in [-0.15, -0.1) is 0 Å². The molecule has 1 heterocycles. The Morgan fingerprint density at radius 3 is 2.75 bits per heavy atom. The fourth-order valence-corrected chi connectivity index (χ4v) is 2.57. The van der Waals surface area contributed by atoms with E-state index in [1.54, 1.807) is 24.3 Å². The van der Waals surface area contributed by atoms with Crippen molar-refractivity contribution < 1.29 is 9.59 Å². The van der Waals surface area contributed by atoms with E-state index in [-0.39, 0.29) is 12.3 Å². The second kappa shape index (κ2) is 6.54. The van der Waals surface area contributed by atoms with E-state index in [0.29, 0.717) is 11.3 Å².